The van der Waals surface area contributed by atoms with Crippen molar-refractivity contribution < 1.29 is 0 Å². The van der Waals surface area contributed by atoms with Crippen LogP contribution in [0.25, 0.3) is 0 Å². The number of nitrogens with one attached hydrogen (secondary N) is 1. The van der Waals surface area contributed by atoms with Crippen molar-refractivity contribution in [3.05, 3.63) is 0 Å². The predicted octanol–water partition coefficient (Wildman–Crippen LogP) is 2.25. The summed E-state index contributed by atoms with van der Waals surface area (Å²) in [6, 6.07) is 0.782. The third-order valence-electron chi connectivity index (χ3n) is 3.64. The third-order valence-corrected chi connectivity index (χ3v) is 3.64. The highest BCUT2D eigenvalue weighted by Crippen LogP contribution is 2.29. The molecule has 1 saturated heterocycles. The van der Waals surface area contributed by atoms with Gasteiger partial charge in [0.25, 0.3) is 0 Å². The highest BCUT2D eigenvalue weighted by molar-refractivity contribution is 4.81. The SMILES string of the molecule is CCCN(CC1CC1)CC1CCCCN1. The van der Waals surface area contributed by atoms with Gasteiger partial charge in [-0.2, -0.15) is 0 Å². The standard InChI is InChI=1S/C13H26N2/c1-2-9-15(10-12-6-7-12)11-13-5-3-4-8-14-13/h12-14H,2-11H2,1H3. The molecule has 2 fully saturated rings. The molecule has 1 unspecified atom stereocenters. The first kappa shape index (κ1) is 11.4. The van der Waals surface area contributed by atoms with Gasteiger partial charge in [-0.1, -0.05) is 13.3 Å². The van der Waals surface area contributed by atoms with E-state index < -0.39 is 0 Å². The normalized spacial score (nSPS) is 27.2. The summed E-state index contributed by atoms with van der Waals surface area (Å²) in [7, 11) is 0. The second-order valence-corrected chi connectivity index (χ2v) is 5.35. The Morgan fingerprint density at radius 1 is 1.13 bits per heavy atom. The van der Waals surface area contributed by atoms with Crippen molar-refractivity contribution in [2.75, 3.05) is 26.2 Å². The Morgan fingerprint density at radius 2 is 2.00 bits per heavy atom. The molecule has 1 atom stereocenters. The molecule has 0 aromatic rings. The zero-order chi connectivity index (χ0) is 10.5. The Bertz CT molecular complexity index is 171. The van der Waals surface area contributed by atoms with Gasteiger partial charge in [-0.3, -0.25) is 0 Å². The van der Waals surface area contributed by atoms with Gasteiger partial charge in [0.15, 0.2) is 0 Å². The lowest BCUT2D eigenvalue weighted by Crippen LogP contribution is -2.44. The second-order valence-electron chi connectivity index (χ2n) is 5.35. The quantitative estimate of drug-likeness (QED) is 0.723. The lowest BCUT2D eigenvalue weighted by molar-refractivity contribution is 0.217. The maximum Gasteiger partial charge on any atom is 0.0195 e. The molecule has 2 nitrogen and oxygen atoms in total. The minimum Gasteiger partial charge on any atom is -0.313 e. The lowest BCUT2D eigenvalue weighted by Gasteiger charge is -2.30. The van der Waals surface area contributed by atoms with Crippen molar-refractivity contribution in [3.63, 3.8) is 0 Å². The van der Waals surface area contributed by atoms with Gasteiger partial charge in [0.1, 0.15) is 0 Å². The molecule has 0 radical (unpaired) electrons. The predicted molar refractivity (Wildman–Crippen MR) is 65.1 cm³/mol. The first-order valence-corrected chi connectivity index (χ1v) is 6.84. The smallest absolute Gasteiger partial charge is 0.0195 e. The van der Waals surface area contributed by atoms with E-state index in [1.807, 2.05) is 0 Å². The first-order valence-electron chi connectivity index (χ1n) is 6.84. The number of hydrogen-bond acceptors (Lipinski definition) is 2. The molecule has 0 amide bonds. The maximum absolute atomic E-state index is 3.66. The molecule has 15 heavy (non-hydrogen) atoms. The van der Waals surface area contributed by atoms with E-state index in [0.717, 1.165) is 12.0 Å². The molecule has 2 aliphatic rings. The molecule has 0 aromatic carbocycles. The van der Waals surface area contributed by atoms with E-state index in [2.05, 4.69) is 17.1 Å². The molecule has 0 aromatic heterocycles. The van der Waals surface area contributed by atoms with E-state index >= 15 is 0 Å². The number of nitrogens with zero attached hydrogens (tertiary/aromatic N) is 1. The average Bonchev–Trinajstić information content (AvgIpc) is 3.03. The van der Waals surface area contributed by atoms with E-state index in [9.17, 15) is 0 Å². The van der Waals surface area contributed by atoms with Gasteiger partial charge in [-0.25, -0.2) is 0 Å². The molecule has 0 spiro atoms. The summed E-state index contributed by atoms with van der Waals surface area (Å²) in [6.07, 6.45) is 8.48. The van der Waals surface area contributed by atoms with Crippen LogP contribution in [0.3, 0.4) is 0 Å². The highest BCUT2D eigenvalue weighted by atomic mass is 15.2. The van der Waals surface area contributed by atoms with Crippen LogP contribution in [0.4, 0.5) is 0 Å². The fourth-order valence-electron chi connectivity index (χ4n) is 2.63. The average molecular weight is 210 g/mol. The van der Waals surface area contributed by atoms with Gasteiger partial charge >= 0.3 is 0 Å². The van der Waals surface area contributed by atoms with E-state index in [-0.39, 0.29) is 0 Å². The van der Waals surface area contributed by atoms with Crippen molar-refractivity contribution in [1.82, 2.24) is 10.2 Å². The zero-order valence-electron chi connectivity index (χ0n) is 10.2. The first-order chi connectivity index (χ1) is 7.38. The van der Waals surface area contributed by atoms with Gasteiger partial charge < -0.3 is 10.2 Å². The molecule has 1 aliphatic carbocycles. The van der Waals surface area contributed by atoms with Crippen LogP contribution < -0.4 is 5.32 Å². The molecular weight excluding hydrogens is 184 g/mol. The van der Waals surface area contributed by atoms with Crippen LogP contribution in [0.1, 0.15) is 45.4 Å². The highest BCUT2D eigenvalue weighted by Gasteiger charge is 2.25. The van der Waals surface area contributed by atoms with Crippen molar-refractivity contribution in [2.45, 2.75) is 51.5 Å². The Hall–Kier alpha value is -0.0800. The fraction of sp³-hybridized carbons (Fsp3) is 1.00. The van der Waals surface area contributed by atoms with Crippen molar-refractivity contribution in [1.29, 1.82) is 0 Å². The number of rotatable bonds is 6. The van der Waals surface area contributed by atoms with Crippen molar-refractivity contribution >= 4 is 0 Å². The molecule has 2 heteroatoms. The Labute approximate surface area is 94.4 Å². The lowest BCUT2D eigenvalue weighted by atomic mass is 10.0. The van der Waals surface area contributed by atoms with Crippen LogP contribution in [-0.4, -0.2) is 37.1 Å². The molecule has 0 bridgehead atoms. The molecule has 1 heterocycles. The van der Waals surface area contributed by atoms with Crippen molar-refractivity contribution in [3.8, 4) is 0 Å². The van der Waals surface area contributed by atoms with Crippen LogP contribution in [-0.2, 0) is 0 Å². The van der Waals surface area contributed by atoms with Gasteiger partial charge in [0.2, 0.25) is 0 Å². The monoisotopic (exact) mass is 210 g/mol. The maximum atomic E-state index is 3.66. The van der Waals surface area contributed by atoms with Gasteiger partial charge in [0.05, 0.1) is 0 Å². The zero-order valence-corrected chi connectivity index (χ0v) is 10.2. The summed E-state index contributed by atoms with van der Waals surface area (Å²) in [5.41, 5.74) is 0. The Morgan fingerprint density at radius 3 is 2.60 bits per heavy atom. The minimum atomic E-state index is 0.782. The fourth-order valence-corrected chi connectivity index (χ4v) is 2.63. The molecule has 1 aliphatic heterocycles. The van der Waals surface area contributed by atoms with E-state index in [1.165, 1.54) is 64.7 Å². The van der Waals surface area contributed by atoms with Gasteiger partial charge in [-0.15, -0.1) is 0 Å². The minimum absolute atomic E-state index is 0.782. The molecular formula is C13H26N2. The van der Waals surface area contributed by atoms with Crippen LogP contribution in [0.2, 0.25) is 0 Å². The van der Waals surface area contributed by atoms with E-state index in [4.69, 9.17) is 0 Å². The largest absolute Gasteiger partial charge is 0.313 e. The number of piperidine rings is 1. The van der Waals surface area contributed by atoms with Gasteiger partial charge in [-0.05, 0) is 51.1 Å². The topological polar surface area (TPSA) is 15.3 Å². The third kappa shape index (κ3) is 4.12. The van der Waals surface area contributed by atoms with Crippen LogP contribution in [0, 0.1) is 5.92 Å². The van der Waals surface area contributed by atoms with E-state index in [1.54, 1.807) is 0 Å². The summed E-state index contributed by atoms with van der Waals surface area (Å²) in [5, 5.41) is 3.66. The summed E-state index contributed by atoms with van der Waals surface area (Å²) < 4.78 is 0. The summed E-state index contributed by atoms with van der Waals surface area (Å²) in [5.74, 6) is 1.04. The number of hydrogen-bond donors (Lipinski definition) is 1. The second kappa shape index (κ2) is 5.86. The van der Waals surface area contributed by atoms with Crippen molar-refractivity contribution in [2.24, 2.45) is 5.92 Å². The molecule has 88 valence electrons. The molecule has 2 rings (SSSR count). The summed E-state index contributed by atoms with van der Waals surface area (Å²) in [4.78, 5) is 2.70. The summed E-state index contributed by atoms with van der Waals surface area (Å²) in [6.45, 7) is 7.51. The van der Waals surface area contributed by atoms with E-state index in [0.29, 0.717) is 0 Å². The Kier molecular flexibility index (Phi) is 4.45. The van der Waals surface area contributed by atoms with Crippen LogP contribution >= 0.6 is 0 Å². The summed E-state index contributed by atoms with van der Waals surface area (Å²) >= 11 is 0. The van der Waals surface area contributed by atoms with Crippen LogP contribution in [0.5, 0.6) is 0 Å². The van der Waals surface area contributed by atoms with Gasteiger partial charge in [0, 0.05) is 19.1 Å². The molecule has 1 N–H and O–H groups in total. The van der Waals surface area contributed by atoms with Crippen LogP contribution in [0.15, 0.2) is 0 Å². The Balaban J connectivity index is 1.70. The molecule has 1 saturated carbocycles.